The first-order valence-electron chi connectivity index (χ1n) is 12.5. The van der Waals surface area contributed by atoms with Gasteiger partial charge in [0, 0.05) is 70.8 Å². The number of aliphatic carboxylic acids is 3. The SMILES string of the molecule is CNC(=S)Nc1ccc(NC(=O)CN2CCN(CC(=O)O)CCN(CC(=O)O)CCN(CC(=O)O)CC2)cc1. The molecule has 0 spiro atoms. The van der Waals surface area contributed by atoms with E-state index >= 15 is 0 Å². The number of carboxylic acid groups (broad SMARTS) is 3. The number of nitrogens with zero attached hydrogens (tertiary/aromatic N) is 4. The molecule has 0 atom stereocenters. The first-order chi connectivity index (χ1) is 18.5. The van der Waals surface area contributed by atoms with Gasteiger partial charge in [0.25, 0.3) is 0 Å². The van der Waals surface area contributed by atoms with Crippen LogP contribution in [0, 0.1) is 0 Å². The molecule has 0 unspecified atom stereocenters. The molecule has 15 heteroatoms. The summed E-state index contributed by atoms with van der Waals surface area (Å²) in [5.41, 5.74) is 1.35. The number of amides is 1. The molecule has 1 saturated heterocycles. The quantitative estimate of drug-likeness (QED) is 0.190. The number of nitrogens with one attached hydrogen (secondary N) is 3. The number of thiocarbonyl (C=S) groups is 1. The second kappa shape index (κ2) is 16.6. The molecule has 14 nitrogen and oxygen atoms in total. The molecule has 0 saturated carbocycles. The van der Waals surface area contributed by atoms with Crippen LogP contribution in [0.1, 0.15) is 0 Å². The molecule has 39 heavy (non-hydrogen) atoms. The van der Waals surface area contributed by atoms with Gasteiger partial charge in [-0.25, -0.2) is 0 Å². The summed E-state index contributed by atoms with van der Waals surface area (Å²) < 4.78 is 0. The number of carbonyl (C=O) groups excluding carboxylic acids is 1. The molecule has 1 aromatic rings. The Bertz CT molecular complexity index is 964. The standard InChI is InChI=1S/C24H37N7O7S/c1-25-24(39)27-19-4-2-18(3-5-19)26-20(32)14-28-6-8-29(15-21(33)34)10-12-31(17-23(37)38)13-11-30(9-7-28)16-22(35)36/h2-5H,6-17H2,1H3,(H,26,32)(H,33,34)(H,35,36)(H,37,38)(H2,25,27,39). The minimum absolute atomic E-state index is 0.0246. The summed E-state index contributed by atoms with van der Waals surface area (Å²) in [6.45, 7) is 2.02. The number of carboxylic acids is 3. The van der Waals surface area contributed by atoms with E-state index < -0.39 is 17.9 Å². The molecule has 0 aromatic heterocycles. The van der Waals surface area contributed by atoms with Crippen molar-refractivity contribution in [3.63, 3.8) is 0 Å². The van der Waals surface area contributed by atoms with Crippen molar-refractivity contribution in [1.82, 2.24) is 24.9 Å². The van der Waals surface area contributed by atoms with Crippen LogP contribution in [-0.4, -0.2) is 149 Å². The molecule has 1 fully saturated rings. The Morgan fingerprint density at radius 2 is 0.949 bits per heavy atom. The van der Waals surface area contributed by atoms with Gasteiger partial charge >= 0.3 is 17.9 Å². The summed E-state index contributed by atoms with van der Waals surface area (Å²) in [6, 6.07) is 7.02. The van der Waals surface area contributed by atoms with Crippen molar-refractivity contribution in [1.29, 1.82) is 0 Å². The monoisotopic (exact) mass is 567 g/mol. The Morgan fingerprint density at radius 1 is 0.641 bits per heavy atom. The molecule has 0 radical (unpaired) electrons. The molecule has 1 aromatic carbocycles. The smallest absolute Gasteiger partial charge is 0.317 e. The number of anilines is 2. The Morgan fingerprint density at radius 3 is 1.26 bits per heavy atom. The van der Waals surface area contributed by atoms with Gasteiger partial charge < -0.3 is 31.3 Å². The number of hydrogen-bond acceptors (Lipinski definition) is 9. The molecule has 1 aliphatic rings. The zero-order valence-corrected chi connectivity index (χ0v) is 22.8. The van der Waals surface area contributed by atoms with Gasteiger partial charge in [-0.15, -0.1) is 0 Å². The van der Waals surface area contributed by atoms with E-state index in [1.54, 1.807) is 46.0 Å². The van der Waals surface area contributed by atoms with Gasteiger partial charge in [-0.1, -0.05) is 0 Å². The third-order valence-electron chi connectivity index (χ3n) is 6.03. The highest BCUT2D eigenvalue weighted by atomic mass is 32.1. The third-order valence-corrected chi connectivity index (χ3v) is 6.33. The molecule has 1 amide bonds. The van der Waals surface area contributed by atoms with Crippen molar-refractivity contribution >= 4 is 52.5 Å². The van der Waals surface area contributed by atoms with E-state index in [-0.39, 0.29) is 32.1 Å². The Hall–Kier alpha value is -3.37. The topological polar surface area (TPSA) is 178 Å². The van der Waals surface area contributed by atoms with Crippen molar-refractivity contribution in [2.24, 2.45) is 0 Å². The second-order valence-corrected chi connectivity index (χ2v) is 9.52. The van der Waals surface area contributed by atoms with E-state index in [2.05, 4.69) is 16.0 Å². The van der Waals surface area contributed by atoms with Crippen LogP contribution in [0.25, 0.3) is 0 Å². The maximum absolute atomic E-state index is 12.9. The fourth-order valence-corrected chi connectivity index (χ4v) is 4.14. The van der Waals surface area contributed by atoms with E-state index in [0.29, 0.717) is 63.2 Å². The molecule has 6 N–H and O–H groups in total. The fraction of sp³-hybridized carbons (Fsp3) is 0.542. The minimum Gasteiger partial charge on any atom is -0.480 e. The van der Waals surface area contributed by atoms with E-state index in [9.17, 15) is 34.5 Å². The van der Waals surface area contributed by atoms with Gasteiger partial charge in [0.05, 0.1) is 26.2 Å². The zero-order chi connectivity index (χ0) is 28.8. The van der Waals surface area contributed by atoms with Gasteiger partial charge in [0.1, 0.15) is 0 Å². The number of hydrogen-bond donors (Lipinski definition) is 6. The molecular formula is C24H37N7O7S. The van der Waals surface area contributed by atoms with Crippen molar-refractivity contribution in [2.75, 3.05) is 96.2 Å². The summed E-state index contributed by atoms with van der Waals surface area (Å²) in [4.78, 5) is 53.9. The molecule has 0 bridgehead atoms. The third kappa shape index (κ3) is 13.3. The molecule has 0 aliphatic carbocycles. The van der Waals surface area contributed by atoms with Gasteiger partial charge in [-0.05, 0) is 36.5 Å². The predicted molar refractivity (Wildman–Crippen MR) is 149 cm³/mol. The first-order valence-corrected chi connectivity index (χ1v) is 12.9. The van der Waals surface area contributed by atoms with E-state index in [1.807, 2.05) is 4.90 Å². The van der Waals surface area contributed by atoms with Crippen LogP contribution in [-0.2, 0) is 19.2 Å². The van der Waals surface area contributed by atoms with E-state index in [4.69, 9.17) is 12.2 Å². The average molecular weight is 568 g/mol. The van der Waals surface area contributed by atoms with Gasteiger partial charge in [-0.3, -0.25) is 38.8 Å². The van der Waals surface area contributed by atoms with Crippen molar-refractivity contribution in [2.45, 2.75) is 0 Å². The van der Waals surface area contributed by atoms with Crippen molar-refractivity contribution < 1.29 is 34.5 Å². The zero-order valence-electron chi connectivity index (χ0n) is 22.0. The van der Waals surface area contributed by atoms with Crippen LogP contribution in [0.5, 0.6) is 0 Å². The Labute approximate surface area is 232 Å². The molecular weight excluding hydrogens is 530 g/mol. The van der Waals surface area contributed by atoms with Crippen molar-refractivity contribution in [3.8, 4) is 0 Å². The fourth-order valence-electron chi connectivity index (χ4n) is 4.02. The predicted octanol–water partition coefficient (Wildman–Crippen LogP) is -0.983. The Balaban J connectivity index is 2.09. The maximum Gasteiger partial charge on any atom is 0.317 e. The molecule has 1 heterocycles. The number of benzene rings is 1. The van der Waals surface area contributed by atoms with E-state index in [1.165, 1.54) is 0 Å². The van der Waals surface area contributed by atoms with E-state index in [0.717, 1.165) is 5.69 Å². The highest BCUT2D eigenvalue weighted by molar-refractivity contribution is 7.80. The summed E-state index contributed by atoms with van der Waals surface area (Å²) in [7, 11) is 1.71. The van der Waals surface area contributed by atoms with Crippen LogP contribution in [0.2, 0.25) is 0 Å². The minimum atomic E-state index is -1.01. The second-order valence-electron chi connectivity index (χ2n) is 9.12. The number of carbonyl (C=O) groups is 4. The average Bonchev–Trinajstić information content (AvgIpc) is 2.85. The molecule has 2 rings (SSSR count). The van der Waals surface area contributed by atoms with Crippen LogP contribution >= 0.6 is 12.2 Å². The first kappa shape index (κ1) is 31.8. The van der Waals surface area contributed by atoms with Crippen LogP contribution in [0.15, 0.2) is 24.3 Å². The summed E-state index contributed by atoms with van der Waals surface area (Å²) in [6.07, 6.45) is 0. The highest BCUT2D eigenvalue weighted by Gasteiger charge is 2.21. The lowest BCUT2D eigenvalue weighted by Gasteiger charge is -2.32. The maximum atomic E-state index is 12.9. The lowest BCUT2D eigenvalue weighted by atomic mass is 10.2. The van der Waals surface area contributed by atoms with Crippen LogP contribution in [0.4, 0.5) is 11.4 Å². The van der Waals surface area contributed by atoms with Crippen LogP contribution in [0.3, 0.4) is 0 Å². The normalized spacial score (nSPS) is 16.8. The summed E-state index contributed by atoms with van der Waals surface area (Å²) in [5.74, 6) is -3.29. The molecule has 216 valence electrons. The molecule has 1 aliphatic heterocycles. The highest BCUT2D eigenvalue weighted by Crippen LogP contribution is 2.13. The Kier molecular flexibility index (Phi) is 13.5. The summed E-state index contributed by atoms with van der Waals surface area (Å²) >= 11 is 5.08. The lowest BCUT2D eigenvalue weighted by molar-refractivity contribution is -0.140. The largest absolute Gasteiger partial charge is 0.480 e. The lowest BCUT2D eigenvalue weighted by Crippen LogP contribution is -2.49. The van der Waals surface area contributed by atoms with Gasteiger partial charge in [0.2, 0.25) is 5.91 Å². The van der Waals surface area contributed by atoms with Gasteiger partial charge in [-0.2, -0.15) is 0 Å². The number of rotatable bonds is 10. The summed E-state index contributed by atoms with van der Waals surface area (Å²) in [5, 5.41) is 37.0. The van der Waals surface area contributed by atoms with Crippen LogP contribution < -0.4 is 16.0 Å². The van der Waals surface area contributed by atoms with Crippen molar-refractivity contribution in [3.05, 3.63) is 24.3 Å². The van der Waals surface area contributed by atoms with Gasteiger partial charge in [0.15, 0.2) is 5.11 Å².